The second-order valence-electron chi connectivity index (χ2n) is 6.00. The third-order valence-electron chi connectivity index (χ3n) is 3.93. The van der Waals surface area contributed by atoms with Gasteiger partial charge in [-0.1, -0.05) is 29.8 Å². The van der Waals surface area contributed by atoms with E-state index in [0.717, 1.165) is 24.3 Å². The molecule has 30 heavy (non-hydrogen) atoms. The number of nitrogens with one attached hydrogen (secondary N) is 1. The highest BCUT2D eigenvalue weighted by Crippen LogP contribution is 2.37. The normalized spacial score (nSPS) is 11.1. The molecule has 0 fully saturated rings. The maximum absolute atomic E-state index is 12.8. The molecule has 0 aliphatic carbocycles. The molecule has 0 saturated carbocycles. The van der Waals surface area contributed by atoms with Crippen LogP contribution in [0.5, 0.6) is 11.5 Å². The van der Waals surface area contributed by atoms with Gasteiger partial charge in [-0.2, -0.15) is 13.2 Å². The molecule has 0 bridgehead atoms. The quantitative estimate of drug-likeness (QED) is 0.375. The number of carbonyl (C=O) groups is 1. The summed E-state index contributed by atoms with van der Waals surface area (Å²) in [6, 6.07) is 14.2. The highest BCUT2D eigenvalue weighted by molar-refractivity contribution is 6.32. The van der Waals surface area contributed by atoms with Gasteiger partial charge in [-0.15, -0.1) is 0 Å². The average Bonchev–Trinajstić information content (AvgIpc) is 2.69. The van der Waals surface area contributed by atoms with Crippen molar-refractivity contribution >= 4 is 28.9 Å². The average molecular weight is 437 g/mol. The smallest absolute Gasteiger partial charge is 0.416 e. The van der Waals surface area contributed by atoms with Crippen LogP contribution >= 0.6 is 11.6 Å². The van der Waals surface area contributed by atoms with Gasteiger partial charge in [0, 0.05) is 17.8 Å². The van der Waals surface area contributed by atoms with E-state index in [1.54, 1.807) is 30.3 Å². The van der Waals surface area contributed by atoms with Crippen LogP contribution in [0.25, 0.3) is 0 Å². The van der Waals surface area contributed by atoms with Crippen molar-refractivity contribution in [3.63, 3.8) is 0 Å². The molecule has 0 aliphatic heterocycles. The van der Waals surface area contributed by atoms with Crippen LogP contribution in [0.1, 0.15) is 15.9 Å². The van der Waals surface area contributed by atoms with Crippen molar-refractivity contribution in [1.82, 2.24) is 0 Å². The first-order valence-electron chi connectivity index (χ1n) is 8.34. The van der Waals surface area contributed by atoms with Gasteiger partial charge in [0.2, 0.25) is 0 Å². The van der Waals surface area contributed by atoms with Crippen LogP contribution in [0.4, 0.5) is 24.5 Å². The number of rotatable bonds is 5. The largest absolute Gasteiger partial charge is 0.456 e. The van der Waals surface area contributed by atoms with Crippen LogP contribution in [0.15, 0.2) is 66.7 Å². The van der Waals surface area contributed by atoms with Crippen LogP contribution < -0.4 is 10.1 Å². The first-order valence-corrected chi connectivity index (χ1v) is 8.72. The molecular weight excluding hydrogens is 425 g/mol. The van der Waals surface area contributed by atoms with E-state index in [1.807, 2.05) is 0 Å². The van der Waals surface area contributed by atoms with Crippen molar-refractivity contribution < 1.29 is 27.6 Å². The molecule has 0 heterocycles. The maximum Gasteiger partial charge on any atom is 0.416 e. The number of para-hydroxylation sites is 1. The van der Waals surface area contributed by atoms with E-state index in [1.165, 1.54) is 6.07 Å². The number of hydrogen-bond acceptors (Lipinski definition) is 4. The fourth-order valence-electron chi connectivity index (χ4n) is 2.53. The topological polar surface area (TPSA) is 81.5 Å². The van der Waals surface area contributed by atoms with Crippen molar-refractivity contribution in [2.75, 3.05) is 5.32 Å². The van der Waals surface area contributed by atoms with E-state index in [0.29, 0.717) is 11.8 Å². The molecule has 3 rings (SSSR count). The molecule has 3 aromatic rings. The summed E-state index contributed by atoms with van der Waals surface area (Å²) in [4.78, 5) is 23.1. The monoisotopic (exact) mass is 436 g/mol. The minimum absolute atomic E-state index is 0.0135. The Morgan fingerprint density at radius 2 is 1.73 bits per heavy atom. The van der Waals surface area contributed by atoms with Crippen LogP contribution in [0, 0.1) is 10.1 Å². The maximum atomic E-state index is 12.8. The van der Waals surface area contributed by atoms with Crippen molar-refractivity contribution in [3.05, 3.63) is 93.0 Å². The SMILES string of the molecule is O=C(Nc1ccccc1)c1cc(Oc2ccc(C(F)(F)F)cc2Cl)ccc1[N+](=O)[O-]. The van der Waals surface area contributed by atoms with E-state index in [9.17, 15) is 28.1 Å². The number of nitro benzene ring substituents is 1. The summed E-state index contributed by atoms with van der Waals surface area (Å²) < 4.78 is 43.7. The summed E-state index contributed by atoms with van der Waals surface area (Å²) in [5.41, 5.74) is -1.28. The van der Waals surface area contributed by atoms with Gasteiger partial charge >= 0.3 is 6.18 Å². The summed E-state index contributed by atoms with van der Waals surface area (Å²) in [5.74, 6) is -0.870. The number of alkyl halides is 3. The first kappa shape index (κ1) is 21.1. The molecule has 0 saturated heterocycles. The number of ether oxygens (including phenoxy) is 1. The number of benzene rings is 3. The highest BCUT2D eigenvalue weighted by atomic mass is 35.5. The summed E-state index contributed by atoms with van der Waals surface area (Å²) in [6.07, 6.45) is -4.57. The first-order chi connectivity index (χ1) is 14.1. The third kappa shape index (κ3) is 4.87. The molecule has 0 aromatic heterocycles. The Morgan fingerprint density at radius 1 is 1.03 bits per heavy atom. The molecule has 3 aromatic carbocycles. The van der Waals surface area contributed by atoms with Crippen molar-refractivity contribution in [2.45, 2.75) is 6.18 Å². The second-order valence-corrected chi connectivity index (χ2v) is 6.41. The Balaban J connectivity index is 1.91. The van der Waals surface area contributed by atoms with E-state index >= 15 is 0 Å². The molecule has 0 atom stereocenters. The molecule has 0 unspecified atom stereocenters. The number of nitro groups is 1. The lowest BCUT2D eigenvalue weighted by Crippen LogP contribution is -2.14. The molecule has 1 amide bonds. The lowest BCUT2D eigenvalue weighted by Gasteiger charge is -2.12. The standard InChI is InChI=1S/C20H12ClF3N2O4/c21-16-10-12(20(22,23)24)6-9-18(16)30-14-7-8-17(26(28)29)15(11-14)19(27)25-13-4-2-1-3-5-13/h1-11H,(H,25,27). The highest BCUT2D eigenvalue weighted by Gasteiger charge is 2.31. The second kappa shape index (κ2) is 8.42. The number of carbonyl (C=O) groups excluding carboxylic acids is 1. The van der Waals surface area contributed by atoms with E-state index in [2.05, 4.69) is 5.32 Å². The van der Waals surface area contributed by atoms with E-state index in [-0.39, 0.29) is 22.1 Å². The molecule has 0 aliphatic rings. The van der Waals surface area contributed by atoms with Crippen LogP contribution in [0.3, 0.4) is 0 Å². The number of anilines is 1. The van der Waals surface area contributed by atoms with Crippen LogP contribution in [0.2, 0.25) is 5.02 Å². The Morgan fingerprint density at radius 3 is 2.33 bits per heavy atom. The molecule has 6 nitrogen and oxygen atoms in total. The molecule has 0 spiro atoms. The number of amides is 1. The molecule has 154 valence electrons. The summed E-state index contributed by atoms with van der Waals surface area (Å²) >= 11 is 5.86. The van der Waals surface area contributed by atoms with Crippen LogP contribution in [-0.4, -0.2) is 10.8 Å². The molecule has 1 N–H and O–H groups in total. The zero-order valence-electron chi connectivity index (χ0n) is 14.9. The number of hydrogen-bond donors (Lipinski definition) is 1. The Labute approximate surface area is 173 Å². The van der Waals surface area contributed by atoms with Gasteiger partial charge in [0.25, 0.3) is 11.6 Å². The fourth-order valence-corrected chi connectivity index (χ4v) is 2.75. The Bertz CT molecular complexity index is 1100. The van der Waals surface area contributed by atoms with Gasteiger partial charge in [0.1, 0.15) is 17.1 Å². The van der Waals surface area contributed by atoms with Crippen molar-refractivity contribution in [1.29, 1.82) is 0 Å². The van der Waals surface area contributed by atoms with Crippen molar-refractivity contribution in [3.8, 4) is 11.5 Å². The number of halogens is 4. The molecular formula is C20H12ClF3N2O4. The zero-order chi connectivity index (χ0) is 21.9. The Hall–Kier alpha value is -3.59. The van der Waals surface area contributed by atoms with Crippen LogP contribution in [-0.2, 0) is 6.18 Å². The summed E-state index contributed by atoms with van der Waals surface area (Å²) in [5, 5.41) is 13.5. The zero-order valence-corrected chi connectivity index (χ0v) is 15.7. The molecule has 0 radical (unpaired) electrons. The van der Waals surface area contributed by atoms with Gasteiger partial charge in [-0.05, 0) is 36.4 Å². The van der Waals surface area contributed by atoms with Crippen molar-refractivity contribution in [2.24, 2.45) is 0 Å². The van der Waals surface area contributed by atoms with Gasteiger partial charge in [-0.25, -0.2) is 0 Å². The Kier molecular flexibility index (Phi) is 5.93. The van der Waals surface area contributed by atoms with E-state index in [4.69, 9.17) is 16.3 Å². The number of nitrogens with zero attached hydrogens (tertiary/aromatic N) is 1. The summed E-state index contributed by atoms with van der Waals surface area (Å²) in [7, 11) is 0. The predicted molar refractivity (Wildman–Crippen MR) is 104 cm³/mol. The lowest BCUT2D eigenvalue weighted by atomic mass is 10.1. The van der Waals surface area contributed by atoms with E-state index < -0.39 is 28.3 Å². The van der Waals surface area contributed by atoms with Gasteiger partial charge in [0.05, 0.1) is 15.5 Å². The van der Waals surface area contributed by atoms with Gasteiger partial charge < -0.3 is 10.1 Å². The molecule has 10 heteroatoms. The minimum Gasteiger partial charge on any atom is -0.456 e. The third-order valence-corrected chi connectivity index (χ3v) is 4.22. The minimum atomic E-state index is -4.57. The fraction of sp³-hybridized carbons (Fsp3) is 0.0500. The predicted octanol–water partition coefficient (Wildman–Crippen LogP) is 6.31. The van der Waals surface area contributed by atoms with Gasteiger partial charge in [0.15, 0.2) is 0 Å². The lowest BCUT2D eigenvalue weighted by molar-refractivity contribution is -0.385. The van der Waals surface area contributed by atoms with Gasteiger partial charge in [-0.3, -0.25) is 14.9 Å². The summed E-state index contributed by atoms with van der Waals surface area (Å²) in [6.45, 7) is 0.